The topological polar surface area (TPSA) is 56.7 Å². The minimum absolute atomic E-state index is 0.0503. The lowest BCUT2D eigenvalue weighted by Gasteiger charge is -2.24. The molecule has 122 valence electrons. The van der Waals surface area contributed by atoms with Crippen LogP contribution in [0.3, 0.4) is 0 Å². The number of nitrogens with zero attached hydrogens (tertiary/aromatic N) is 2. The third-order valence-electron chi connectivity index (χ3n) is 2.83. The predicted octanol–water partition coefficient (Wildman–Crippen LogP) is 2.37. The molecule has 0 spiro atoms. The smallest absolute Gasteiger partial charge is 0.239 e. The van der Waals surface area contributed by atoms with E-state index in [9.17, 15) is 4.79 Å². The minimum Gasteiger partial charge on any atom is -0.350 e. The fourth-order valence-corrected chi connectivity index (χ4v) is 2.21. The molecule has 0 atom stereocenters. The van der Waals surface area contributed by atoms with Crippen LogP contribution in [0.15, 0.2) is 33.7 Å². The van der Waals surface area contributed by atoms with Crippen molar-refractivity contribution in [1.29, 1.82) is 0 Å². The summed E-state index contributed by atoms with van der Waals surface area (Å²) in [6, 6.07) is 8.13. The molecule has 22 heavy (non-hydrogen) atoms. The Labute approximate surface area is 141 Å². The molecule has 0 radical (unpaired) electrons. The summed E-state index contributed by atoms with van der Waals surface area (Å²) in [6.45, 7) is 6.79. The van der Waals surface area contributed by atoms with Gasteiger partial charge in [0.2, 0.25) is 5.91 Å². The third kappa shape index (κ3) is 6.93. The highest BCUT2D eigenvalue weighted by Crippen LogP contribution is 2.11. The van der Waals surface area contributed by atoms with Gasteiger partial charge in [-0.05, 0) is 38.5 Å². The molecule has 0 aliphatic carbocycles. The summed E-state index contributed by atoms with van der Waals surface area (Å²) in [5.41, 5.74) is 0.943. The van der Waals surface area contributed by atoms with Gasteiger partial charge in [-0.15, -0.1) is 0 Å². The first-order chi connectivity index (χ1) is 10.2. The molecule has 6 heteroatoms. The quantitative estimate of drug-likeness (QED) is 0.633. The van der Waals surface area contributed by atoms with Crippen LogP contribution in [0.25, 0.3) is 0 Å². The predicted molar refractivity (Wildman–Crippen MR) is 94.9 cm³/mol. The van der Waals surface area contributed by atoms with E-state index in [4.69, 9.17) is 0 Å². The monoisotopic (exact) mass is 368 g/mol. The molecule has 1 rings (SSSR count). The van der Waals surface area contributed by atoms with E-state index in [0.29, 0.717) is 12.5 Å². The Morgan fingerprint density at radius 1 is 1.27 bits per heavy atom. The second kappa shape index (κ2) is 8.17. The Kier molecular flexibility index (Phi) is 6.87. The number of nitrogens with one attached hydrogen (secondary N) is 2. The second-order valence-electron chi connectivity index (χ2n) is 6.18. The van der Waals surface area contributed by atoms with Gasteiger partial charge in [0.05, 0.1) is 6.54 Å². The van der Waals surface area contributed by atoms with Crippen LogP contribution < -0.4 is 10.6 Å². The van der Waals surface area contributed by atoms with Gasteiger partial charge >= 0.3 is 0 Å². The molecule has 0 unspecified atom stereocenters. The summed E-state index contributed by atoms with van der Waals surface area (Å²) in [5, 5.41) is 5.99. The molecule has 0 aliphatic heterocycles. The van der Waals surface area contributed by atoms with Gasteiger partial charge in [0.15, 0.2) is 5.96 Å². The van der Waals surface area contributed by atoms with Crippen LogP contribution in [-0.4, -0.2) is 42.9 Å². The molecule has 0 aliphatic rings. The number of aliphatic imine (C=N–C) groups is 1. The van der Waals surface area contributed by atoms with Crippen LogP contribution in [0.4, 0.5) is 0 Å². The number of benzene rings is 1. The summed E-state index contributed by atoms with van der Waals surface area (Å²) in [6.07, 6.45) is 0. The zero-order valence-corrected chi connectivity index (χ0v) is 15.5. The standard InChI is InChI=1S/C16H25BrN4O/c1-16(2,3)20-14(22)10-19-15(18-4)21(5)11-12-6-8-13(17)9-7-12/h6-9H,10-11H2,1-5H3,(H,18,19)(H,20,22). The molecule has 1 amide bonds. The minimum atomic E-state index is -0.231. The van der Waals surface area contributed by atoms with Crippen LogP contribution in [0.2, 0.25) is 0 Å². The van der Waals surface area contributed by atoms with E-state index in [-0.39, 0.29) is 18.0 Å². The Hall–Kier alpha value is -1.56. The third-order valence-corrected chi connectivity index (χ3v) is 3.36. The van der Waals surface area contributed by atoms with Crippen molar-refractivity contribution in [3.8, 4) is 0 Å². The number of hydrogen-bond donors (Lipinski definition) is 2. The first-order valence-corrected chi connectivity index (χ1v) is 7.98. The van der Waals surface area contributed by atoms with Crippen LogP contribution in [0.5, 0.6) is 0 Å². The molecule has 1 aromatic carbocycles. The van der Waals surface area contributed by atoms with E-state index in [1.807, 2.05) is 44.9 Å². The van der Waals surface area contributed by atoms with Crippen LogP contribution >= 0.6 is 15.9 Å². The second-order valence-corrected chi connectivity index (χ2v) is 7.10. The molecule has 0 heterocycles. The normalized spacial score (nSPS) is 12.0. The van der Waals surface area contributed by atoms with Crippen molar-refractivity contribution in [3.63, 3.8) is 0 Å². The first kappa shape index (κ1) is 18.5. The number of rotatable bonds is 4. The first-order valence-electron chi connectivity index (χ1n) is 7.18. The summed E-state index contributed by atoms with van der Waals surface area (Å²) < 4.78 is 1.06. The largest absolute Gasteiger partial charge is 0.350 e. The van der Waals surface area contributed by atoms with E-state index in [2.05, 4.69) is 43.7 Å². The highest BCUT2D eigenvalue weighted by atomic mass is 79.9. The number of amides is 1. The average molecular weight is 369 g/mol. The lowest BCUT2D eigenvalue weighted by Crippen LogP contribution is -2.48. The van der Waals surface area contributed by atoms with E-state index in [0.717, 1.165) is 4.47 Å². The van der Waals surface area contributed by atoms with Crippen molar-refractivity contribution in [3.05, 3.63) is 34.3 Å². The molecule has 1 aromatic rings. The Bertz CT molecular complexity index is 520. The maximum absolute atomic E-state index is 11.8. The molecule has 0 fully saturated rings. The van der Waals surface area contributed by atoms with Gasteiger partial charge in [0.1, 0.15) is 0 Å². The Morgan fingerprint density at radius 2 is 1.86 bits per heavy atom. The number of guanidine groups is 1. The summed E-state index contributed by atoms with van der Waals surface area (Å²) in [7, 11) is 3.65. The van der Waals surface area contributed by atoms with Crippen molar-refractivity contribution < 1.29 is 4.79 Å². The van der Waals surface area contributed by atoms with Crippen molar-refractivity contribution >= 4 is 27.8 Å². The Balaban J connectivity index is 2.53. The lowest BCUT2D eigenvalue weighted by atomic mass is 10.1. The number of hydrogen-bond acceptors (Lipinski definition) is 2. The molecule has 0 aromatic heterocycles. The fourth-order valence-electron chi connectivity index (χ4n) is 1.95. The fraction of sp³-hybridized carbons (Fsp3) is 0.500. The molecule has 2 N–H and O–H groups in total. The van der Waals surface area contributed by atoms with Crippen LogP contribution in [0, 0.1) is 0 Å². The molecular formula is C16H25BrN4O. The summed E-state index contributed by atoms with van der Waals surface area (Å²) >= 11 is 3.42. The van der Waals surface area contributed by atoms with Gasteiger partial charge in [-0.1, -0.05) is 28.1 Å². The molecule has 0 saturated carbocycles. The molecular weight excluding hydrogens is 344 g/mol. The summed E-state index contributed by atoms with van der Waals surface area (Å²) in [5.74, 6) is 0.637. The average Bonchev–Trinajstić information content (AvgIpc) is 2.40. The van der Waals surface area contributed by atoms with E-state index in [1.165, 1.54) is 5.56 Å². The van der Waals surface area contributed by atoms with Crippen LogP contribution in [-0.2, 0) is 11.3 Å². The van der Waals surface area contributed by atoms with Gasteiger partial charge < -0.3 is 15.5 Å². The SMILES string of the molecule is CN=C(NCC(=O)NC(C)(C)C)N(C)Cc1ccc(Br)cc1. The van der Waals surface area contributed by atoms with Crippen molar-refractivity contribution in [2.75, 3.05) is 20.6 Å². The summed E-state index contributed by atoms with van der Waals surface area (Å²) in [4.78, 5) is 18.0. The highest BCUT2D eigenvalue weighted by Gasteiger charge is 2.14. The number of carbonyl (C=O) groups is 1. The van der Waals surface area contributed by atoms with E-state index in [1.54, 1.807) is 7.05 Å². The maximum Gasteiger partial charge on any atom is 0.239 e. The lowest BCUT2D eigenvalue weighted by molar-refractivity contribution is -0.121. The van der Waals surface area contributed by atoms with Gasteiger partial charge in [0, 0.05) is 30.7 Å². The molecule has 0 bridgehead atoms. The van der Waals surface area contributed by atoms with Crippen molar-refractivity contribution in [1.82, 2.24) is 15.5 Å². The molecule has 0 saturated heterocycles. The van der Waals surface area contributed by atoms with Gasteiger partial charge in [-0.3, -0.25) is 9.79 Å². The van der Waals surface area contributed by atoms with Gasteiger partial charge in [-0.2, -0.15) is 0 Å². The maximum atomic E-state index is 11.8. The van der Waals surface area contributed by atoms with Crippen molar-refractivity contribution in [2.45, 2.75) is 32.9 Å². The number of carbonyl (C=O) groups excluding carboxylic acids is 1. The molecule has 5 nitrogen and oxygen atoms in total. The van der Waals surface area contributed by atoms with Gasteiger partial charge in [-0.25, -0.2) is 0 Å². The highest BCUT2D eigenvalue weighted by molar-refractivity contribution is 9.10. The van der Waals surface area contributed by atoms with Gasteiger partial charge in [0.25, 0.3) is 0 Å². The number of halogens is 1. The Morgan fingerprint density at radius 3 is 2.36 bits per heavy atom. The van der Waals surface area contributed by atoms with E-state index < -0.39 is 0 Å². The zero-order chi connectivity index (χ0) is 16.8. The van der Waals surface area contributed by atoms with Crippen molar-refractivity contribution in [2.24, 2.45) is 4.99 Å². The van der Waals surface area contributed by atoms with E-state index >= 15 is 0 Å². The van der Waals surface area contributed by atoms with Crippen LogP contribution in [0.1, 0.15) is 26.3 Å². The zero-order valence-electron chi connectivity index (χ0n) is 13.9.